The fourth-order valence-corrected chi connectivity index (χ4v) is 4.93. The molecule has 2 aromatic carbocycles. The number of likely N-dealkylation sites (N-methyl/N-ethyl adjacent to an activating group) is 1. The molecule has 10 heteroatoms. The lowest BCUT2D eigenvalue weighted by atomic mass is 10.2. The Kier molecular flexibility index (Phi) is 7.82. The molecular weight excluding hydrogens is 461 g/mol. The SMILES string of the molecule is Cc1ccc(OCCNC(=O)c2cc(S(=O)(=O)N3CCN(C)CC3)ccc2Cl)cc1Cl. The number of rotatable bonds is 7. The number of halogens is 2. The molecule has 3 rings (SSSR count). The summed E-state index contributed by atoms with van der Waals surface area (Å²) in [6.45, 7) is 4.47. The lowest BCUT2D eigenvalue weighted by Gasteiger charge is -2.31. The van der Waals surface area contributed by atoms with Crippen molar-refractivity contribution in [1.82, 2.24) is 14.5 Å². The van der Waals surface area contributed by atoms with Crippen molar-refractivity contribution in [2.75, 3.05) is 46.4 Å². The van der Waals surface area contributed by atoms with E-state index >= 15 is 0 Å². The summed E-state index contributed by atoms with van der Waals surface area (Å²) in [5.74, 6) is 0.133. The molecule has 1 aliphatic rings. The zero-order chi connectivity index (χ0) is 22.6. The lowest BCUT2D eigenvalue weighted by Crippen LogP contribution is -2.47. The number of piperazine rings is 1. The molecule has 0 aromatic heterocycles. The topological polar surface area (TPSA) is 78.9 Å². The van der Waals surface area contributed by atoms with Crippen molar-refractivity contribution in [2.45, 2.75) is 11.8 Å². The number of aryl methyl sites for hydroxylation is 1. The summed E-state index contributed by atoms with van der Waals surface area (Å²) < 4.78 is 32.9. The van der Waals surface area contributed by atoms with Crippen molar-refractivity contribution in [3.8, 4) is 5.75 Å². The Bertz CT molecular complexity index is 1050. The maximum absolute atomic E-state index is 13.0. The van der Waals surface area contributed by atoms with E-state index in [4.69, 9.17) is 27.9 Å². The van der Waals surface area contributed by atoms with Crippen LogP contribution in [-0.4, -0.2) is 69.9 Å². The van der Waals surface area contributed by atoms with Gasteiger partial charge in [0.05, 0.1) is 22.0 Å². The van der Waals surface area contributed by atoms with Gasteiger partial charge in [0.15, 0.2) is 0 Å². The van der Waals surface area contributed by atoms with Gasteiger partial charge in [-0.1, -0.05) is 29.3 Å². The monoisotopic (exact) mass is 485 g/mol. The number of carbonyl (C=O) groups is 1. The average Bonchev–Trinajstić information content (AvgIpc) is 2.74. The number of sulfonamides is 1. The lowest BCUT2D eigenvalue weighted by molar-refractivity contribution is 0.0947. The van der Waals surface area contributed by atoms with Gasteiger partial charge in [0.1, 0.15) is 12.4 Å². The van der Waals surface area contributed by atoms with Crippen molar-refractivity contribution >= 4 is 39.1 Å². The predicted molar refractivity (Wildman–Crippen MR) is 122 cm³/mol. The van der Waals surface area contributed by atoms with Crippen LogP contribution in [0.2, 0.25) is 10.0 Å². The minimum absolute atomic E-state index is 0.0529. The second-order valence-electron chi connectivity index (χ2n) is 7.36. The smallest absolute Gasteiger partial charge is 0.252 e. The van der Waals surface area contributed by atoms with Crippen molar-refractivity contribution in [2.24, 2.45) is 0 Å². The number of carbonyl (C=O) groups excluding carboxylic acids is 1. The molecule has 0 atom stereocenters. The van der Waals surface area contributed by atoms with Crippen molar-refractivity contribution < 1.29 is 17.9 Å². The van der Waals surface area contributed by atoms with Crippen LogP contribution in [0.3, 0.4) is 0 Å². The summed E-state index contributed by atoms with van der Waals surface area (Å²) in [6, 6.07) is 9.55. The maximum Gasteiger partial charge on any atom is 0.252 e. The number of benzene rings is 2. The first-order valence-corrected chi connectivity index (χ1v) is 12.0. The third-order valence-electron chi connectivity index (χ3n) is 5.08. The van der Waals surface area contributed by atoms with Gasteiger partial charge < -0.3 is 15.0 Å². The minimum atomic E-state index is -3.70. The molecular formula is C21H25Cl2N3O4S. The molecule has 0 radical (unpaired) electrons. The first-order chi connectivity index (χ1) is 14.7. The van der Waals surface area contributed by atoms with Gasteiger partial charge in [-0.05, 0) is 49.9 Å². The van der Waals surface area contributed by atoms with E-state index in [-0.39, 0.29) is 28.6 Å². The highest BCUT2D eigenvalue weighted by molar-refractivity contribution is 7.89. The first kappa shape index (κ1) is 23.8. The average molecular weight is 486 g/mol. The molecule has 0 spiro atoms. The Morgan fingerprint density at radius 2 is 1.77 bits per heavy atom. The van der Waals surface area contributed by atoms with E-state index in [1.165, 1.54) is 22.5 Å². The second-order valence-corrected chi connectivity index (χ2v) is 10.1. The van der Waals surface area contributed by atoms with Gasteiger partial charge >= 0.3 is 0 Å². The Morgan fingerprint density at radius 1 is 1.06 bits per heavy atom. The van der Waals surface area contributed by atoms with Crippen LogP contribution in [0, 0.1) is 6.92 Å². The number of nitrogens with zero attached hydrogens (tertiary/aromatic N) is 2. The summed E-state index contributed by atoms with van der Waals surface area (Å²) in [4.78, 5) is 14.7. The zero-order valence-electron chi connectivity index (χ0n) is 17.4. The van der Waals surface area contributed by atoms with Crippen LogP contribution in [0.1, 0.15) is 15.9 Å². The predicted octanol–water partition coefficient (Wildman–Crippen LogP) is 3.05. The highest BCUT2D eigenvalue weighted by Crippen LogP contribution is 2.24. The molecule has 31 heavy (non-hydrogen) atoms. The fraction of sp³-hybridized carbons (Fsp3) is 0.381. The van der Waals surface area contributed by atoms with Gasteiger partial charge in [0.25, 0.3) is 5.91 Å². The Balaban J connectivity index is 1.62. The maximum atomic E-state index is 13.0. The van der Waals surface area contributed by atoms with E-state index in [1.54, 1.807) is 12.1 Å². The largest absolute Gasteiger partial charge is 0.492 e. The highest BCUT2D eigenvalue weighted by atomic mass is 35.5. The summed E-state index contributed by atoms with van der Waals surface area (Å²) in [6.07, 6.45) is 0. The quantitative estimate of drug-likeness (QED) is 0.609. The molecule has 7 nitrogen and oxygen atoms in total. The molecule has 0 saturated carbocycles. The van der Waals surface area contributed by atoms with E-state index in [0.29, 0.717) is 37.0 Å². The van der Waals surface area contributed by atoms with Crippen molar-refractivity contribution in [1.29, 1.82) is 0 Å². The molecule has 1 aliphatic heterocycles. The molecule has 0 bridgehead atoms. The number of hydrogen-bond donors (Lipinski definition) is 1. The second kappa shape index (κ2) is 10.2. The van der Waals surface area contributed by atoms with Crippen LogP contribution >= 0.6 is 23.2 Å². The van der Waals surface area contributed by atoms with Gasteiger partial charge in [-0.2, -0.15) is 4.31 Å². The molecule has 1 amide bonds. The van der Waals surface area contributed by atoms with Gasteiger partial charge in [-0.25, -0.2) is 8.42 Å². The summed E-state index contributed by atoms with van der Waals surface area (Å²) in [5, 5.41) is 3.49. The summed E-state index contributed by atoms with van der Waals surface area (Å²) in [5.41, 5.74) is 1.05. The van der Waals surface area contributed by atoms with Crippen LogP contribution < -0.4 is 10.1 Å². The Labute approximate surface area is 192 Å². The van der Waals surface area contributed by atoms with Gasteiger partial charge in [0.2, 0.25) is 10.0 Å². The number of amides is 1. The molecule has 1 N–H and O–H groups in total. The number of hydrogen-bond acceptors (Lipinski definition) is 5. The van der Waals surface area contributed by atoms with Crippen LogP contribution in [0.15, 0.2) is 41.3 Å². The van der Waals surface area contributed by atoms with Gasteiger partial charge in [-0.15, -0.1) is 0 Å². The van der Waals surface area contributed by atoms with Gasteiger partial charge in [-0.3, -0.25) is 4.79 Å². The normalized spacial score (nSPS) is 15.6. The summed E-state index contributed by atoms with van der Waals surface area (Å²) in [7, 11) is -1.75. The molecule has 168 valence electrons. The van der Waals surface area contributed by atoms with E-state index in [0.717, 1.165) is 5.56 Å². The van der Waals surface area contributed by atoms with Gasteiger partial charge in [0, 0.05) is 31.2 Å². The van der Waals surface area contributed by atoms with E-state index in [2.05, 4.69) is 10.2 Å². The highest BCUT2D eigenvalue weighted by Gasteiger charge is 2.28. The molecule has 1 saturated heterocycles. The first-order valence-electron chi connectivity index (χ1n) is 9.84. The molecule has 1 fully saturated rings. The number of nitrogens with one attached hydrogen (secondary N) is 1. The van der Waals surface area contributed by atoms with Crippen LogP contribution in [0.25, 0.3) is 0 Å². The zero-order valence-corrected chi connectivity index (χ0v) is 19.7. The van der Waals surface area contributed by atoms with E-state index in [1.807, 2.05) is 20.0 Å². The van der Waals surface area contributed by atoms with Crippen LogP contribution in [-0.2, 0) is 10.0 Å². The third-order valence-corrected chi connectivity index (χ3v) is 7.71. The fourth-order valence-electron chi connectivity index (χ4n) is 3.11. The van der Waals surface area contributed by atoms with Crippen molar-refractivity contribution in [3.05, 3.63) is 57.6 Å². The molecule has 0 aliphatic carbocycles. The molecule has 1 heterocycles. The minimum Gasteiger partial charge on any atom is -0.492 e. The van der Waals surface area contributed by atoms with Crippen LogP contribution in [0.4, 0.5) is 0 Å². The standard InChI is InChI=1S/C21H25Cl2N3O4S/c1-15-3-4-16(13-20(15)23)30-12-7-24-21(27)18-14-17(5-6-19(18)22)31(28,29)26-10-8-25(2)9-11-26/h3-6,13-14H,7-12H2,1-2H3,(H,24,27). The molecule has 2 aromatic rings. The van der Waals surface area contributed by atoms with E-state index in [9.17, 15) is 13.2 Å². The van der Waals surface area contributed by atoms with E-state index < -0.39 is 15.9 Å². The van der Waals surface area contributed by atoms with Crippen LogP contribution in [0.5, 0.6) is 5.75 Å². The van der Waals surface area contributed by atoms with Crippen molar-refractivity contribution in [3.63, 3.8) is 0 Å². The Hall–Kier alpha value is -1.84. The molecule has 0 unspecified atom stereocenters. The third kappa shape index (κ3) is 5.90. The summed E-state index contributed by atoms with van der Waals surface area (Å²) >= 11 is 12.2. The Morgan fingerprint density at radius 3 is 2.45 bits per heavy atom. The number of ether oxygens (including phenoxy) is 1.